The Balaban J connectivity index is 1.46. The highest BCUT2D eigenvalue weighted by Crippen LogP contribution is 2.34. The third-order valence-corrected chi connectivity index (χ3v) is 7.71. The number of H-pyrrole nitrogens is 1. The zero-order chi connectivity index (χ0) is 29.3. The van der Waals surface area contributed by atoms with E-state index in [4.69, 9.17) is 5.10 Å². The molecule has 0 unspecified atom stereocenters. The molecule has 1 saturated carbocycles. The molecule has 1 aromatic heterocycles. The van der Waals surface area contributed by atoms with Crippen molar-refractivity contribution in [2.75, 3.05) is 23.3 Å². The van der Waals surface area contributed by atoms with Gasteiger partial charge in [-0.05, 0) is 43.2 Å². The molecular weight excluding hydrogens is 522 g/mol. The van der Waals surface area contributed by atoms with Crippen LogP contribution >= 0.6 is 0 Å². The van der Waals surface area contributed by atoms with Crippen LogP contribution in [0.2, 0.25) is 0 Å². The number of aromatic nitrogens is 1. The van der Waals surface area contributed by atoms with Crippen molar-refractivity contribution in [3.05, 3.63) is 59.8 Å². The van der Waals surface area contributed by atoms with Crippen molar-refractivity contribution >= 4 is 51.7 Å². The number of nitrogens with one attached hydrogen (secondary N) is 2. The van der Waals surface area contributed by atoms with Gasteiger partial charge >= 0.3 is 12.0 Å². The molecule has 10 nitrogen and oxygen atoms in total. The van der Waals surface area contributed by atoms with Crippen molar-refractivity contribution in [3.8, 4) is 0 Å². The van der Waals surface area contributed by atoms with E-state index < -0.39 is 23.3 Å². The Hall–Kier alpha value is -4.47. The molecule has 1 aliphatic carbocycles. The lowest BCUT2D eigenvalue weighted by Gasteiger charge is -2.28. The van der Waals surface area contributed by atoms with E-state index in [9.17, 15) is 24.3 Å². The Morgan fingerprint density at radius 3 is 2.46 bits per heavy atom. The van der Waals surface area contributed by atoms with Gasteiger partial charge in [0.25, 0.3) is 0 Å². The minimum absolute atomic E-state index is 0.0488. The first kappa shape index (κ1) is 28.1. The number of aromatic carboxylic acids is 1. The number of para-hydroxylation sites is 1. The normalized spacial score (nSPS) is 16.3. The van der Waals surface area contributed by atoms with Gasteiger partial charge < -0.3 is 15.4 Å². The highest BCUT2D eigenvalue weighted by molar-refractivity contribution is 6.13. The zero-order valence-electron chi connectivity index (χ0n) is 23.6. The Labute approximate surface area is 238 Å². The molecule has 1 fully saturated rings. The second kappa shape index (κ2) is 11.2. The summed E-state index contributed by atoms with van der Waals surface area (Å²) in [6, 6.07) is 13.5. The van der Waals surface area contributed by atoms with Gasteiger partial charge in [-0.25, -0.2) is 14.6 Å². The first-order valence-electron chi connectivity index (χ1n) is 14.0. The van der Waals surface area contributed by atoms with Crippen LogP contribution in [0.1, 0.15) is 68.9 Å². The van der Waals surface area contributed by atoms with Crippen LogP contribution in [0, 0.1) is 11.3 Å². The molecule has 2 heterocycles. The Morgan fingerprint density at radius 1 is 1.02 bits per heavy atom. The van der Waals surface area contributed by atoms with Crippen molar-refractivity contribution in [2.45, 2.75) is 52.9 Å². The lowest BCUT2D eigenvalue weighted by atomic mass is 9.83. The SMILES string of the molecule is CC(C)(C)C(=O)CN1C(=O)N(CC(=O)Nc2ccc3[nH]c(C(=O)O)cc3c2)N=C(C2CCCCC2)c2ccccc21. The summed E-state index contributed by atoms with van der Waals surface area (Å²) in [5, 5.41) is 18.7. The number of aromatic amines is 1. The highest BCUT2D eigenvalue weighted by Gasteiger charge is 2.36. The van der Waals surface area contributed by atoms with E-state index in [1.54, 1.807) is 18.2 Å². The van der Waals surface area contributed by atoms with Crippen LogP contribution in [0.15, 0.2) is 53.6 Å². The van der Waals surface area contributed by atoms with Gasteiger partial charge in [0.05, 0.1) is 17.9 Å². The monoisotopic (exact) mass is 557 g/mol. The molecule has 3 amide bonds. The van der Waals surface area contributed by atoms with Gasteiger partial charge in [0.2, 0.25) is 5.91 Å². The van der Waals surface area contributed by atoms with Gasteiger partial charge in [0.1, 0.15) is 12.2 Å². The van der Waals surface area contributed by atoms with Gasteiger partial charge in [-0.1, -0.05) is 58.2 Å². The van der Waals surface area contributed by atoms with Crippen LogP contribution in [0.4, 0.5) is 16.2 Å². The maximum absolute atomic E-state index is 14.0. The van der Waals surface area contributed by atoms with Crippen LogP contribution in [0.5, 0.6) is 0 Å². The average Bonchev–Trinajstić information content (AvgIpc) is 3.33. The molecule has 2 aliphatic rings. The second-order valence-electron chi connectivity index (χ2n) is 11.8. The third-order valence-electron chi connectivity index (χ3n) is 7.71. The summed E-state index contributed by atoms with van der Waals surface area (Å²) < 4.78 is 0. The fourth-order valence-electron chi connectivity index (χ4n) is 5.37. The summed E-state index contributed by atoms with van der Waals surface area (Å²) in [7, 11) is 0. The Morgan fingerprint density at radius 2 is 1.76 bits per heavy atom. The van der Waals surface area contributed by atoms with E-state index >= 15 is 0 Å². The summed E-state index contributed by atoms with van der Waals surface area (Å²) in [6.07, 6.45) is 5.17. The maximum atomic E-state index is 14.0. The number of carbonyl (C=O) groups excluding carboxylic acids is 3. The van der Waals surface area contributed by atoms with Crippen LogP contribution < -0.4 is 10.2 Å². The van der Waals surface area contributed by atoms with E-state index in [1.165, 1.54) is 16.0 Å². The lowest BCUT2D eigenvalue weighted by molar-refractivity contribution is -0.124. The molecule has 1 aliphatic heterocycles. The van der Waals surface area contributed by atoms with Crippen LogP contribution in [-0.2, 0) is 9.59 Å². The molecule has 10 heteroatoms. The summed E-state index contributed by atoms with van der Waals surface area (Å²) in [5.74, 6) is -1.51. The minimum atomic E-state index is -1.08. The number of hydrazone groups is 1. The van der Waals surface area contributed by atoms with Crippen molar-refractivity contribution in [1.29, 1.82) is 0 Å². The van der Waals surface area contributed by atoms with Crippen LogP contribution in [-0.4, -0.2) is 57.6 Å². The molecule has 5 rings (SSSR count). The number of hydrogen-bond donors (Lipinski definition) is 3. The number of nitrogens with zero attached hydrogens (tertiary/aromatic N) is 3. The van der Waals surface area contributed by atoms with E-state index in [0.29, 0.717) is 22.3 Å². The smallest absolute Gasteiger partial charge is 0.352 e. The fraction of sp³-hybridized carbons (Fsp3) is 0.387. The number of carboxylic acids is 1. The van der Waals surface area contributed by atoms with Crippen molar-refractivity contribution < 1.29 is 24.3 Å². The number of rotatable bonds is 7. The molecule has 41 heavy (non-hydrogen) atoms. The summed E-state index contributed by atoms with van der Waals surface area (Å²) in [5.41, 5.74) is 2.67. The average molecular weight is 558 g/mol. The molecule has 0 saturated heterocycles. The van der Waals surface area contributed by atoms with Crippen molar-refractivity contribution in [2.24, 2.45) is 16.4 Å². The molecule has 0 radical (unpaired) electrons. The quantitative estimate of drug-likeness (QED) is 0.345. The molecule has 0 atom stereocenters. The number of hydrogen-bond acceptors (Lipinski definition) is 5. The zero-order valence-corrected chi connectivity index (χ0v) is 23.6. The molecule has 2 aromatic carbocycles. The van der Waals surface area contributed by atoms with Gasteiger partial charge in [0, 0.05) is 33.5 Å². The van der Waals surface area contributed by atoms with Crippen LogP contribution in [0.25, 0.3) is 10.9 Å². The number of urea groups is 1. The first-order valence-corrected chi connectivity index (χ1v) is 14.0. The fourth-order valence-corrected chi connectivity index (χ4v) is 5.37. The molecule has 0 bridgehead atoms. The van der Waals surface area contributed by atoms with Crippen LogP contribution in [0.3, 0.4) is 0 Å². The molecular formula is C31H35N5O5. The number of ketones is 1. The van der Waals surface area contributed by atoms with Gasteiger partial charge in [-0.15, -0.1) is 0 Å². The van der Waals surface area contributed by atoms with Gasteiger partial charge in [-0.2, -0.15) is 5.10 Å². The first-order chi connectivity index (χ1) is 19.5. The van der Waals surface area contributed by atoms with Gasteiger partial charge in [-0.3, -0.25) is 14.5 Å². The van der Waals surface area contributed by atoms with E-state index in [0.717, 1.165) is 43.4 Å². The van der Waals surface area contributed by atoms with Gasteiger partial charge in [0.15, 0.2) is 5.78 Å². The predicted octanol–water partition coefficient (Wildman–Crippen LogP) is 5.65. The largest absolute Gasteiger partial charge is 0.477 e. The number of fused-ring (bicyclic) bond motifs is 2. The number of anilines is 2. The number of carboxylic acid groups (broad SMARTS) is 1. The standard InChI is InChI=1S/C31H35N5O5/c1-31(2,3)26(37)17-35-25-12-8-7-11-22(25)28(19-9-5-4-6-10-19)34-36(30(35)41)18-27(38)32-21-13-14-23-20(15-21)16-24(33-23)29(39)40/h7-8,11-16,19,33H,4-6,9-10,17-18H2,1-3H3,(H,32,38)(H,39,40). The summed E-state index contributed by atoms with van der Waals surface area (Å²) in [4.78, 5) is 55.9. The molecule has 3 N–H and O–H groups in total. The number of benzene rings is 2. The number of amides is 3. The second-order valence-corrected chi connectivity index (χ2v) is 11.8. The Bertz CT molecular complexity index is 1540. The highest BCUT2D eigenvalue weighted by atomic mass is 16.4. The maximum Gasteiger partial charge on any atom is 0.352 e. The minimum Gasteiger partial charge on any atom is -0.477 e. The van der Waals surface area contributed by atoms with E-state index in [-0.39, 0.29) is 30.5 Å². The molecule has 214 valence electrons. The third kappa shape index (κ3) is 6.01. The number of carbonyl (C=O) groups is 4. The van der Waals surface area contributed by atoms with Crippen molar-refractivity contribution in [3.63, 3.8) is 0 Å². The lowest BCUT2D eigenvalue weighted by Crippen LogP contribution is -2.47. The van der Waals surface area contributed by atoms with E-state index in [1.807, 2.05) is 45.0 Å². The van der Waals surface area contributed by atoms with E-state index in [2.05, 4.69) is 10.3 Å². The molecule has 3 aromatic rings. The predicted molar refractivity (Wildman–Crippen MR) is 157 cm³/mol. The topological polar surface area (TPSA) is 135 Å². The Kier molecular flexibility index (Phi) is 7.66. The number of Topliss-reactive ketones (excluding diaryl/α,β-unsaturated/α-hetero) is 1. The van der Waals surface area contributed by atoms with Crippen molar-refractivity contribution in [1.82, 2.24) is 9.99 Å². The molecule has 0 spiro atoms. The summed E-state index contributed by atoms with van der Waals surface area (Å²) >= 11 is 0. The summed E-state index contributed by atoms with van der Waals surface area (Å²) in [6.45, 7) is 4.97.